The number of nitrogens with one attached hydrogen (secondary N) is 1. The number of imidazole rings is 1. The molecular formula is C25H24BrN3O2. The number of carbonyl (C=O) groups is 1. The first kappa shape index (κ1) is 21.1. The predicted octanol–water partition coefficient (Wildman–Crippen LogP) is 5.24. The summed E-state index contributed by atoms with van der Waals surface area (Å²) in [6.45, 7) is 1.97. The second-order valence-electron chi connectivity index (χ2n) is 7.20. The molecule has 0 saturated heterocycles. The van der Waals surface area contributed by atoms with Gasteiger partial charge in [-0.3, -0.25) is 4.79 Å². The Kier molecular flexibility index (Phi) is 6.99. The van der Waals surface area contributed by atoms with Crippen LogP contribution < -0.4 is 10.1 Å². The lowest BCUT2D eigenvalue weighted by molar-refractivity contribution is 0.0954. The van der Waals surface area contributed by atoms with Gasteiger partial charge in [-0.1, -0.05) is 52.3 Å². The fourth-order valence-corrected chi connectivity index (χ4v) is 3.91. The van der Waals surface area contributed by atoms with E-state index >= 15 is 0 Å². The highest BCUT2D eigenvalue weighted by Crippen LogP contribution is 2.18. The van der Waals surface area contributed by atoms with Crippen molar-refractivity contribution in [2.75, 3.05) is 13.2 Å². The van der Waals surface area contributed by atoms with Crippen molar-refractivity contribution in [3.05, 3.63) is 94.7 Å². The highest BCUT2D eigenvalue weighted by Gasteiger charge is 2.11. The van der Waals surface area contributed by atoms with Gasteiger partial charge in [0.05, 0.1) is 17.6 Å². The van der Waals surface area contributed by atoms with Gasteiger partial charge in [-0.25, -0.2) is 4.98 Å². The molecule has 0 fully saturated rings. The minimum atomic E-state index is -0.0831. The number of rotatable bonds is 9. The Labute approximate surface area is 190 Å². The standard InChI is InChI=1S/C25H24BrN3O2/c26-20-9-6-8-19(18-20)25(30)27-15-14-24-28-22-12-4-5-13-23(22)29(24)16-7-17-31-21-10-2-1-3-11-21/h1-6,8-13,18H,7,14-17H2,(H,27,30). The van der Waals surface area contributed by atoms with Crippen molar-refractivity contribution < 1.29 is 9.53 Å². The Morgan fingerprint density at radius 2 is 1.81 bits per heavy atom. The van der Waals surface area contributed by atoms with E-state index in [1.807, 2.05) is 72.8 Å². The second kappa shape index (κ2) is 10.3. The summed E-state index contributed by atoms with van der Waals surface area (Å²) in [6.07, 6.45) is 1.53. The van der Waals surface area contributed by atoms with Crippen molar-refractivity contribution in [2.45, 2.75) is 19.4 Å². The molecular weight excluding hydrogens is 454 g/mol. The maximum Gasteiger partial charge on any atom is 0.251 e. The number of carbonyl (C=O) groups excluding carboxylic acids is 1. The minimum Gasteiger partial charge on any atom is -0.494 e. The summed E-state index contributed by atoms with van der Waals surface area (Å²) in [5.74, 6) is 1.77. The smallest absolute Gasteiger partial charge is 0.251 e. The number of nitrogens with zero attached hydrogens (tertiary/aromatic N) is 2. The molecule has 5 nitrogen and oxygen atoms in total. The number of hydrogen-bond acceptors (Lipinski definition) is 3. The third-order valence-corrected chi connectivity index (χ3v) is 5.49. The summed E-state index contributed by atoms with van der Waals surface area (Å²) < 4.78 is 8.95. The first-order valence-corrected chi connectivity index (χ1v) is 11.2. The maximum atomic E-state index is 12.4. The van der Waals surface area contributed by atoms with Crippen LogP contribution in [0.2, 0.25) is 0 Å². The fraction of sp³-hybridized carbons (Fsp3) is 0.200. The zero-order valence-electron chi connectivity index (χ0n) is 17.1. The van der Waals surface area contributed by atoms with Gasteiger partial charge in [0, 0.05) is 29.5 Å². The number of aromatic nitrogens is 2. The number of aryl methyl sites for hydroxylation is 1. The van der Waals surface area contributed by atoms with E-state index in [4.69, 9.17) is 9.72 Å². The first-order valence-electron chi connectivity index (χ1n) is 10.4. The molecule has 31 heavy (non-hydrogen) atoms. The van der Waals surface area contributed by atoms with Gasteiger partial charge in [0.15, 0.2) is 0 Å². The molecule has 1 amide bonds. The van der Waals surface area contributed by atoms with E-state index in [1.54, 1.807) is 0 Å². The molecule has 0 unspecified atom stereocenters. The van der Waals surface area contributed by atoms with Crippen LogP contribution in [0.1, 0.15) is 22.6 Å². The summed E-state index contributed by atoms with van der Waals surface area (Å²) in [4.78, 5) is 17.2. The lowest BCUT2D eigenvalue weighted by Gasteiger charge is -2.11. The second-order valence-corrected chi connectivity index (χ2v) is 8.12. The van der Waals surface area contributed by atoms with Crippen LogP contribution in [0.15, 0.2) is 83.3 Å². The molecule has 158 valence electrons. The Balaban J connectivity index is 1.38. The summed E-state index contributed by atoms with van der Waals surface area (Å²) >= 11 is 3.41. The number of hydrogen-bond donors (Lipinski definition) is 1. The molecule has 0 radical (unpaired) electrons. The van der Waals surface area contributed by atoms with E-state index in [9.17, 15) is 4.79 Å². The molecule has 0 bridgehead atoms. The van der Waals surface area contributed by atoms with Crippen molar-refractivity contribution in [3.63, 3.8) is 0 Å². The molecule has 0 spiro atoms. The number of para-hydroxylation sites is 3. The molecule has 4 aromatic rings. The van der Waals surface area contributed by atoms with E-state index in [0.29, 0.717) is 25.1 Å². The molecule has 0 saturated carbocycles. The van der Waals surface area contributed by atoms with Gasteiger partial charge in [0.25, 0.3) is 5.91 Å². The molecule has 3 aromatic carbocycles. The van der Waals surface area contributed by atoms with Crippen molar-refractivity contribution in [2.24, 2.45) is 0 Å². The van der Waals surface area contributed by atoms with Crippen LogP contribution in [-0.2, 0) is 13.0 Å². The zero-order valence-corrected chi connectivity index (χ0v) is 18.7. The summed E-state index contributed by atoms with van der Waals surface area (Å²) in [6, 6.07) is 25.4. The van der Waals surface area contributed by atoms with Gasteiger partial charge in [0.1, 0.15) is 11.6 Å². The van der Waals surface area contributed by atoms with E-state index in [-0.39, 0.29) is 5.91 Å². The Hall–Kier alpha value is -3.12. The van der Waals surface area contributed by atoms with Crippen molar-refractivity contribution in [1.29, 1.82) is 0 Å². The molecule has 0 aliphatic rings. The molecule has 4 rings (SSSR count). The number of amides is 1. The highest BCUT2D eigenvalue weighted by atomic mass is 79.9. The van der Waals surface area contributed by atoms with Crippen LogP contribution in [-0.4, -0.2) is 28.6 Å². The number of fused-ring (bicyclic) bond motifs is 1. The van der Waals surface area contributed by atoms with Gasteiger partial charge in [-0.2, -0.15) is 0 Å². The van der Waals surface area contributed by atoms with E-state index in [2.05, 4.69) is 31.9 Å². The van der Waals surface area contributed by atoms with Gasteiger partial charge in [-0.15, -0.1) is 0 Å². The minimum absolute atomic E-state index is 0.0831. The fourth-order valence-electron chi connectivity index (χ4n) is 3.51. The summed E-state index contributed by atoms with van der Waals surface area (Å²) in [5.41, 5.74) is 2.72. The van der Waals surface area contributed by atoms with Crippen LogP contribution in [0.25, 0.3) is 11.0 Å². The third-order valence-electron chi connectivity index (χ3n) is 4.99. The number of halogens is 1. The number of benzene rings is 3. The zero-order chi connectivity index (χ0) is 21.5. The van der Waals surface area contributed by atoms with Crippen molar-refractivity contribution >= 4 is 32.9 Å². The van der Waals surface area contributed by atoms with E-state index < -0.39 is 0 Å². The Morgan fingerprint density at radius 3 is 2.65 bits per heavy atom. The van der Waals surface area contributed by atoms with Crippen molar-refractivity contribution in [3.8, 4) is 5.75 Å². The molecule has 6 heteroatoms. The molecule has 1 heterocycles. The normalized spacial score (nSPS) is 10.9. The topological polar surface area (TPSA) is 56.2 Å². The maximum absolute atomic E-state index is 12.4. The molecule has 1 aromatic heterocycles. The summed E-state index contributed by atoms with van der Waals surface area (Å²) in [7, 11) is 0. The van der Waals surface area contributed by atoms with Gasteiger partial charge in [0.2, 0.25) is 0 Å². The van der Waals surface area contributed by atoms with Gasteiger partial charge in [-0.05, 0) is 48.9 Å². The monoisotopic (exact) mass is 477 g/mol. The average molecular weight is 478 g/mol. The van der Waals surface area contributed by atoms with Crippen molar-refractivity contribution in [1.82, 2.24) is 14.9 Å². The predicted molar refractivity (Wildman–Crippen MR) is 126 cm³/mol. The SMILES string of the molecule is O=C(NCCc1nc2ccccc2n1CCCOc1ccccc1)c1cccc(Br)c1. The first-order chi connectivity index (χ1) is 15.2. The highest BCUT2D eigenvalue weighted by molar-refractivity contribution is 9.10. The van der Waals surface area contributed by atoms with Crippen LogP contribution in [0.4, 0.5) is 0 Å². The molecule has 0 aliphatic carbocycles. The van der Waals surface area contributed by atoms with Gasteiger partial charge >= 0.3 is 0 Å². The lowest BCUT2D eigenvalue weighted by Crippen LogP contribution is -2.26. The molecule has 0 aliphatic heterocycles. The van der Waals surface area contributed by atoms with Gasteiger partial charge < -0.3 is 14.6 Å². The van der Waals surface area contributed by atoms with E-state index in [0.717, 1.165) is 40.0 Å². The van der Waals surface area contributed by atoms with Crippen LogP contribution in [0.5, 0.6) is 5.75 Å². The van der Waals surface area contributed by atoms with Crippen LogP contribution >= 0.6 is 15.9 Å². The lowest BCUT2D eigenvalue weighted by atomic mass is 10.2. The van der Waals surface area contributed by atoms with E-state index in [1.165, 1.54) is 0 Å². The summed E-state index contributed by atoms with van der Waals surface area (Å²) in [5, 5.41) is 3.00. The largest absolute Gasteiger partial charge is 0.494 e. The third kappa shape index (κ3) is 5.52. The molecule has 0 atom stereocenters. The average Bonchev–Trinajstić information content (AvgIpc) is 3.14. The quantitative estimate of drug-likeness (QED) is 0.335. The van der Waals surface area contributed by atoms with Crippen LogP contribution in [0, 0.1) is 0 Å². The Morgan fingerprint density at radius 1 is 1.00 bits per heavy atom. The Bertz CT molecular complexity index is 1160. The number of ether oxygens (including phenoxy) is 1. The molecule has 1 N–H and O–H groups in total. The van der Waals surface area contributed by atoms with Crippen LogP contribution in [0.3, 0.4) is 0 Å².